The molecule has 3 N–H and O–H groups in total. The van der Waals surface area contributed by atoms with E-state index in [-0.39, 0.29) is 5.56 Å². The quantitative estimate of drug-likeness (QED) is 0.799. The van der Waals surface area contributed by atoms with Crippen molar-refractivity contribution in [3.05, 3.63) is 29.8 Å². The summed E-state index contributed by atoms with van der Waals surface area (Å²) in [6, 6.07) is 5.80. The van der Waals surface area contributed by atoms with Gasteiger partial charge in [-0.05, 0) is 37.1 Å². The van der Waals surface area contributed by atoms with Gasteiger partial charge in [-0.15, -0.1) is 0 Å². The van der Waals surface area contributed by atoms with Crippen LogP contribution >= 0.6 is 0 Å². The molecule has 1 amide bonds. The highest BCUT2D eigenvalue weighted by Crippen LogP contribution is 2.43. The van der Waals surface area contributed by atoms with Crippen LogP contribution in [-0.4, -0.2) is 33.6 Å². The van der Waals surface area contributed by atoms with E-state index >= 15 is 0 Å². The van der Waals surface area contributed by atoms with Crippen LogP contribution in [0.4, 0.5) is 18.9 Å². The predicted octanol–water partition coefficient (Wildman–Crippen LogP) is 3.30. The monoisotopic (exact) mass is 355 g/mol. The first-order valence-corrected chi connectivity index (χ1v) is 8.29. The van der Waals surface area contributed by atoms with Crippen LogP contribution in [0.25, 0.3) is 0 Å². The van der Waals surface area contributed by atoms with Crippen molar-refractivity contribution < 1.29 is 23.1 Å². The molecular weight excluding hydrogens is 335 g/mol. The van der Waals surface area contributed by atoms with Crippen molar-refractivity contribution in [1.29, 1.82) is 0 Å². The van der Waals surface area contributed by atoms with Gasteiger partial charge in [-0.1, -0.05) is 19.3 Å². The lowest BCUT2D eigenvalue weighted by Crippen LogP contribution is -2.52. The molecule has 1 fully saturated rings. The van der Waals surface area contributed by atoms with E-state index in [4.69, 9.17) is 5.73 Å². The summed E-state index contributed by atoms with van der Waals surface area (Å²) in [5, 5.41) is 15.2. The van der Waals surface area contributed by atoms with Crippen LogP contribution in [-0.2, 0) is 0 Å². The van der Waals surface area contributed by atoms with Crippen LogP contribution in [0, 0.1) is 5.92 Å². The molecule has 1 aliphatic heterocycles. The Morgan fingerprint density at radius 1 is 1.20 bits per heavy atom. The van der Waals surface area contributed by atoms with E-state index in [1.807, 2.05) is 0 Å². The van der Waals surface area contributed by atoms with Gasteiger partial charge in [0.2, 0.25) is 0 Å². The molecule has 0 spiro atoms. The number of alkyl halides is 3. The molecule has 25 heavy (non-hydrogen) atoms. The van der Waals surface area contributed by atoms with Gasteiger partial charge in [-0.2, -0.15) is 23.3 Å². The van der Waals surface area contributed by atoms with Gasteiger partial charge in [0, 0.05) is 23.6 Å². The number of nitrogens with two attached hydrogens (primary N) is 1. The van der Waals surface area contributed by atoms with E-state index < -0.39 is 35.9 Å². The van der Waals surface area contributed by atoms with Crippen molar-refractivity contribution in [3.8, 4) is 0 Å². The second kappa shape index (κ2) is 6.33. The average Bonchev–Trinajstić information content (AvgIpc) is 2.95. The molecule has 0 radical (unpaired) electrons. The van der Waals surface area contributed by atoms with Crippen LogP contribution in [0.1, 0.15) is 48.9 Å². The van der Waals surface area contributed by atoms with Gasteiger partial charge >= 0.3 is 6.18 Å². The molecule has 1 heterocycles. The van der Waals surface area contributed by atoms with Gasteiger partial charge in [0.15, 0.2) is 5.72 Å². The zero-order valence-electron chi connectivity index (χ0n) is 13.6. The Morgan fingerprint density at radius 3 is 2.36 bits per heavy atom. The van der Waals surface area contributed by atoms with Gasteiger partial charge in [0.1, 0.15) is 5.71 Å². The fourth-order valence-electron chi connectivity index (χ4n) is 3.57. The number of hydrogen-bond acceptors (Lipinski definition) is 4. The zero-order valence-corrected chi connectivity index (χ0v) is 13.6. The average molecular weight is 355 g/mol. The summed E-state index contributed by atoms with van der Waals surface area (Å²) in [7, 11) is 0. The van der Waals surface area contributed by atoms with Crippen molar-refractivity contribution in [3.63, 3.8) is 0 Å². The van der Waals surface area contributed by atoms with Gasteiger partial charge < -0.3 is 10.8 Å². The molecule has 8 heteroatoms. The Hall–Kier alpha value is -2.09. The summed E-state index contributed by atoms with van der Waals surface area (Å²) in [6.45, 7) is 0. The number of carbonyl (C=O) groups is 1. The summed E-state index contributed by atoms with van der Waals surface area (Å²) in [5.74, 6) is -1.19. The number of nitrogens with zero attached hydrogens (tertiary/aromatic N) is 2. The van der Waals surface area contributed by atoms with Crippen molar-refractivity contribution in [2.75, 3.05) is 5.73 Å². The molecule has 0 saturated heterocycles. The van der Waals surface area contributed by atoms with Gasteiger partial charge in [-0.3, -0.25) is 4.79 Å². The minimum atomic E-state index is -4.68. The second-order valence-electron chi connectivity index (χ2n) is 6.67. The van der Waals surface area contributed by atoms with Crippen LogP contribution in [0.15, 0.2) is 29.4 Å². The topological polar surface area (TPSA) is 78.9 Å². The summed E-state index contributed by atoms with van der Waals surface area (Å²) in [4.78, 5) is 12.7. The molecule has 1 aromatic rings. The van der Waals surface area contributed by atoms with E-state index in [9.17, 15) is 23.1 Å². The molecule has 1 unspecified atom stereocenters. The number of hydrazone groups is 1. The largest absolute Gasteiger partial charge is 0.431 e. The molecule has 1 aliphatic carbocycles. The van der Waals surface area contributed by atoms with E-state index in [0.29, 0.717) is 23.5 Å². The standard InChI is InChI=1S/C17H20F3N3O2/c18-17(19,20)14-10-16(25,12-4-2-1-3-5-12)23(22-14)15(24)11-6-8-13(21)9-7-11/h6-9,12,25H,1-5,10,21H2. The smallest absolute Gasteiger partial charge is 0.399 e. The zero-order chi connectivity index (χ0) is 18.2. The molecule has 5 nitrogen and oxygen atoms in total. The summed E-state index contributed by atoms with van der Waals surface area (Å²) in [6.07, 6.45) is -1.62. The fourth-order valence-corrected chi connectivity index (χ4v) is 3.57. The maximum absolute atomic E-state index is 13.2. The van der Waals surface area contributed by atoms with Gasteiger partial charge in [0.25, 0.3) is 5.91 Å². The molecule has 3 rings (SSSR count). The summed E-state index contributed by atoms with van der Waals surface area (Å²) < 4.78 is 39.5. The molecule has 1 aromatic carbocycles. The van der Waals surface area contributed by atoms with E-state index in [1.54, 1.807) is 0 Å². The maximum Gasteiger partial charge on any atom is 0.431 e. The Morgan fingerprint density at radius 2 is 1.80 bits per heavy atom. The van der Waals surface area contributed by atoms with Crippen LogP contribution < -0.4 is 5.73 Å². The third-order valence-corrected chi connectivity index (χ3v) is 4.95. The molecule has 1 atom stereocenters. The number of halogens is 3. The lowest BCUT2D eigenvalue weighted by Gasteiger charge is -2.40. The van der Waals surface area contributed by atoms with Crippen LogP contribution in [0.2, 0.25) is 0 Å². The molecule has 136 valence electrons. The third-order valence-electron chi connectivity index (χ3n) is 4.95. The SMILES string of the molecule is Nc1ccc(C(=O)N2N=C(C(F)(F)F)CC2(O)C2CCCCC2)cc1. The molecular formula is C17H20F3N3O2. The van der Waals surface area contributed by atoms with Crippen LogP contribution in [0.5, 0.6) is 0 Å². The number of carbonyl (C=O) groups excluding carboxylic acids is 1. The van der Waals surface area contributed by atoms with Gasteiger partial charge in [0.05, 0.1) is 0 Å². The highest BCUT2D eigenvalue weighted by atomic mass is 19.4. The minimum absolute atomic E-state index is 0.135. The number of hydrogen-bond donors (Lipinski definition) is 2. The third kappa shape index (κ3) is 3.35. The Kier molecular flexibility index (Phi) is 4.49. The van der Waals surface area contributed by atoms with E-state index in [2.05, 4.69) is 5.10 Å². The summed E-state index contributed by atoms with van der Waals surface area (Å²) >= 11 is 0. The van der Waals surface area contributed by atoms with Crippen LogP contribution in [0.3, 0.4) is 0 Å². The van der Waals surface area contributed by atoms with Crippen molar-refractivity contribution in [2.24, 2.45) is 11.0 Å². The Balaban J connectivity index is 1.96. The number of anilines is 1. The van der Waals surface area contributed by atoms with Gasteiger partial charge in [-0.25, -0.2) is 0 Å². The highest BCUT2D eigenvalue weighted by Gasteiger charge is 2.55. The van der Waals surface area contributed by atoms with E-state index in [1.165, 1.54) is 24.3 Å². The first kappa shape index (κ1) is 17.7. The van der Waals surface area contributed by atoms with Crippen molar-refractivity contribution in [1.82, 2.24) is 5.01 Å². The number of benzene rings is 1. The molecule has 0 aromatic heterocycles. The number of rotatable bonds is 2. The second-order valence-corrected chi connectivity index (χ2v) is 6.67. The Labute approximate surface area is 143 Å². The van der Waals surface area contributed by atoms with Crippen molar-refractivity contribution in [2.45, 2.75) is 50.4 Å². The molecule has 2 aliphatic rings. The fraction of sp³-hybridized carbons (Fsp3) is 0.529. The lowest BCUT2D eigenvalue weighted by molar-refractivity contribution is -0.123. The minimum Gasteiger partial charge on any atom is -0.399 e. The molecule has 0 bridgehead atoms. The van der Waals surface area contributed by atoms with Crippen molar-refractivity contribution >= 4 is 17.3 Å². The predicted molar refractivity (Wildman–Crippen MR) is 86.7 cm³/mol. The number of amides is 1. The molecule has 1 saturated carbocycles. The number of nitrogen functional groups attached to an aromatic ring is 1. The Bertz CT molecular complexity index is 681. The first-order chi connectivity index (χ1) is 11.7. The lowest BCUT2D eigenvalue weighted by atomic mass is 9.79. The number of aliphatic hydroxyl groups is 1. The highest BCUT2D eigenvalue weighted by molar-refractivity contribution is 5.99. The first-order valence-electron chi connectivity index (χ1n) is 8.29. The normalized spacial score (nSPS) is 25.1. The van der Waals surface area contributed by atoms with E-state index in [0.717, 1.165) is 19.3 Å². The summed E-state index contributed by atoms with van der Waals surface area (Å²) in [5.41, 5.74) is 3.08. The maximum atomic E-state index is 13.2.